The van der Waals surface area contributed by atoms with Crippen LogP contribution in [0, 0.1) is 6.92 Å². The predicted octanol–water partition coefficient (Wildman–Crippen LogP) is 0.984. The first-order valence-electron chi connectivity index (χ1n) is 7.56. The van der Waals surface area contributed by atoms with Gasteiger partial charge in [0.1, 0.15) is 0 Å². The Morgan fingerprint density at radius 3 is 2.67 bits per heavy atom. The van der Waals surface area contributed by atoms with Gasteiger partial charge in [0.25, 0.3) is 0 Å². The number of rotatable bonds is 4. The number of aromatic nitrogens is 1. The zero-order chi connectivity index (χ0) is 15.4. The van der Waals surface area contributed by atoms with E-state index in [0.29, 0.717) is 6.54 Å². The number of hydrogen-bond donors (Lipinski definition) is 0. The number of carbonyl (C=O) groups excluding carboxylic acids is 1. The molecule has 0 spiro atoms. The highest BCUT2D eigenvalue weighted by atomic mass is 16.2. The van der Waals surface area contributed by atoms with Gasteiger partial charge in [0.15, 0.2) is 0 Å². The van der Waals surface area contributed by atoms with Crippen LogP contribution in [0.5, 0.6) is 0 Å². The van der Waals surface area contributed by atoms with Crippen molar-refractivity contribution < 1.29 is 4.79 Å². The normalized spacial score (nSPS) is 18.5. The number of aryl methyl sites for hydroxylation is 1. The summed E-state index contributed by atoms with van der Waals surface area (Å²) >= 11 is 0. The lowest BCUT2D eigenvalue weighted by Crippen LogP contribution is -2.53. The lowest BCUT2D eigenvalue weighted by Gasteiger charge is -2.37. The predicted molar refractivity (Wildman–Crippen MR) is 84.0 cm³/mol. The van der Waals surface area contributed by atoms with Crippen LogP contribution in [0.1, 0.15) is 18.1 Å². The Hall–Kier alpha value is -1.46. The minimum absolute atomic E-state index is 0.0501. The molecule has 1 atom stereocenters. The Bertz CT molecular complexity index is 483. The van der Waals surface area contributed by atoms with Crippen molar-refractivity contribution in [2.45, 2.75) is 26.4 Å². The van der Waals surface area contributed by atoms with Crippen molar-refractivity contribution in [3.63, 3.8) is 0 Å². The molecular formula is C16H26N4O. The quantitative estimate of drug-likeness (QED) is 0.829. The Kier molecular flexibility index (Phi) is 5.31. The molecule has 1 aliphatic rings. The second-order valence-corrected chi connectivity index (χ2v) is 6.01. The van der Waals surface area contributed by atoms with Crippen LogP contribution in [-0.2, 0) is 11.3 Å². The highest BCUT2D eigenvalue weighted by molar-refractivity contribution is 5.81. The number of likely N-dealkylation sites (N-methyl/N-ethyl adjacent to an activating group) is 2. The molecule has 0 bridgehead atoms. The molecule has 1 aliphatic heterocycles. The number of carbonyl (C=O) groups is 1. The van der Waals surface area contributed by atoms with E-state index in [1.54, 1.807) is 6.20 Å². The van der Waals surface area contributed by atoms with Crippen LogP contribution < -0.4 is 0 Å². The summed E-state index contributed by atoms with van der Waals surface area (Å²) < 4.78 is 0. The number of amides is 1. The maximum atomic E-state index is 12.6. The third-order valence-corrected chi connectivity index (χ3v) is 4.36. The smallest absolute Gasteiger partial charge is 0.239 e. The van der Waals surface area contributed by atoms with Gasteiger partial charge < -0.3 is 9.80 Å². The molecule has 0 radical (unpaired) electrons. The molecule has 0 saturated carbocycles. The van der Waals surface area contributed by atoms with E-state index in [4.69, 9.17) is 0 Å². The molecule has 5 heteroatoms. The molecule has 1 unspecified atom stereocenters. The Morgan fingerprint density at radius 1 is 1.38 bits per heavy atom. The first kappa shape index (κ1) is 15.9. The molecule has 1 aromatic rings. The molecular weight excluding hydrogens is 264 g/mol. The van der Waals surface area contributed by atoms with Gasteiger partial charge >= 0.3 is 0 Å². The van der Waals surface area contributed by atoms with Crippen LogP contribution in [0.2, 0.25) is 0 Å². The Balaban J connectivity index is 1.94. The summed E-state index contributed by atoms with van der Waals surface area (Å²) in [5.41, 5.74) is 2.29. The van der Waals surface area contributed by atoms with Crippen LogP contribution >= 0.6 is 0 Å². The third-order valence-electron chi connectivity index (χ3n) is 4.36. The van der Waals surface area contributed by atoms with Crippen LogP contribution in [0.3, 0.4) is 0 Å². The van der Waals surface area contributed by atoms with E-state index in [1.807, 2.05) is 38.1 Å². The minimum Gasteiger partial charge on any atom is -0.340 e. The van der Waals surface area contributed by atoms with Crippen molar-refractivity contribution in [1.29, 1.82) is 0 Å². The van der Waals surface area contributed by atoms with E-state index in [9.17, 15) is 4.79 Å². The van der Waals surface area contributed by atoms with E-state index < -0.39 is 0 Å². The first-order chi connectivity index (χ1) is 9.99. The van der Waals surface area contributed by atoms with Crippen molar-refractivity contribution in [3.05, 3.63) is 29.6 Å². The van der Waals surface area contributed by atoms with E-state index >= 15 is 0 Å². The molecule has 5 nitrogen and oxygen atoms in total. The summed E-state index contributed by atoms with van der Waals surface area (Å²) in [6, 6.07) is 1.94. The van der Waals surface area contributed by atoms with E-state index in [0.717, 1.165) is 37.3 Å². The highest BCUT2D eigenvalue weighted by Gasteiger charge is 2.26. The van der Waals surface area contributed by atoms with Gasteiger partial charge in [0, 0.05) is 52.2 Å². The van der Waals surface area contributed by atoms with Crippen LogP contribution in [-0.4, -0.2) is 71.9 Å². The van der Waals surface area contributed by atoms with Crippen molar-refractivity contribution in [3.8, 4) is 0 Å². The first-order valence-corrected chi connectivity index (χ1v) is 7.56. The maximum Gasteiger partial charge on any atom is 0.239 e. The lowest BCUT2D eigenvalue weighted by atomic mass is 10.1. The number of hydrogen-bond acceptors (Lipinski definition) is 4. The number of nitrogens with zero attached hydrogens (tertiary/aromatic N) is 4. The Labute approximate surface area is 127 Å². The van der Waals surface area contributed by atoms with E-state index in [1.165, 1.54) is 0 Å². The van der Waals surface area contributed by atoms with Crippen LogP contribution in [0.4, 0.5) is 0 Å². The number of piperazine rings is 1. The van der Waals surface area contributed by atoms with Gasteiger partial charge in [-0.1, -0.05) is 0 Å². The van der Waals surface area contributed by atoms with Gasteiger partial charge in [-0.3, -0.25) is 14.7 Å². The summed E-state index contributed by atoms with van der Waals surface area (Å²) in [6.07, 6.45) is 3.63. The van der Waals surface area contributed by atoms with Crippen molar-refractivity contribution in [2.75, 3.05) is 40.3 Å². The molecule has 2 rings (SSSR count). The SMILES string of the molecule is Cc1cnccc1CN(C)C(=O)C(C)N1CCN(C)CC1. The molecule has 116 valence electrons. The fourth-order valence-electron chi connectivity index (χ4n) is 2.70. The van der Waals surface area contributed by atoms with Gasteiger partial charge in [-0.2, -0.15) is 0 Å². The van der Waals surface area contributed by atoms with Gasteiger partial charge in [0.05, 0.1) is 6.04 Å². The topological polar surface area (TPSA) is 39.7 Å². The fraction of sp³-hybridized carbons (Fsp3) is 0.625. The molecule has 0 aromatic carbocycles. The average molecular weight is 290 g/mol. The Morgan fingerprint density at radius 2 is 2.05 bits per heavy atom. The summed E-state index contributed by atoms with van der Waals surface area (Å²) in [4.78, 5) is 23.1. The van der Waals surface area contributed by atoms with Gasteiger partial charge in [-0.15, -0.1) is 0 Å². The maximum absolute atomic E-state index is 12.6. The van der Waals surface area contributed by atoms with Gasteiger partial charge in [0.2, 0.25) is 5.91 Å². The van der Waals surface area contributed by atoms with Crippen LogP contribution in [0.15, 0.2) is 18.5 Å². The average Bonchev–Trinajstić information content (AvgIpc) is 2.49. The van der Waals surface area contributed by atoms with Gasteiger partial charge in [-0.05, 0) is 38.1 Å². The summed E-state index contributed by atoms with van der Waals surface area (Å²) in [7, 11) is 4.01. The molecule has 1 aromatic heterocycles. The van der Waals surface area contributed by atoms with Gasteiger partial charge in [-0.25, -0.2) is 0 Å². The van der Waals surface area contributed by atoms with Crippen molar-refractivity contribution in [1.82, 2.24) is 19.7 Å². The lowest BCUT2D eigenvalue weighted by molar-refractivity contribution is -0.136. The second-order valence-electron chi connectivity index (χ2n) is 6.01. The molecule has 1 amide bonds. The van der Waals surface area contributed by atoms with E-state index in [-0.39, 0.29) is 11.9 Å². The monoisotopic (exact) mass is 290 g/mol. The second kappa shape index (κ2) is 7.00. The standard InChI is InChI=1S/C16H26N4O/c1-13-11-17-6-5-15(13)12-19(4)16(21)14(2)20-9-7-18(3)8-10-20/h5-6,11,14H,7-10,12H2,1-4H3. The van der Waals surface area contributed by atoms with Crippen molar-refractivity contribution in [2.24, 2.45) is 0 Å². The summed E-state index contributed by atoms with van der Waals surface area (Å²) in [5, 5.41) is 0. The summed E-state index contributed by atoms with van der Waals surface area (Å²) in [5.74, 6) is 0.191. The zero-order valence-electron chi connectivity index (χ0n) is 13.5. The van der Waals surface area contributed by atoms with E-state index in [2.05, 4.69) is 21.8 Å². The largest absolute Gasteiger partial charge is 0.340 e. The molecule has 0 aliphatic carbocycles. The highest BCUT2D eigenvalue weighted by Crippen LogP contribution is 2.12. The molecule has 1 fully saturated rings. The third kappa shape index (κ3) is 4.02. The zero-order valence-corrected chi connectivity index (χ0v) is 13.5. The van der Waals surface area contributed by atoms with Crippen molar-refractivity contribution >= 4 is 5.91 Å². The number of pyridine rings is 1. The molecule has 2 heterocycles. The summed E-state index contributed by atoms with van der Waals surface area (Å²) in [6.45, 7) is 8.69. The fourth-order valence-corrected chi connectivity index (χ4v) is 2.70. The van der Waals surface area contributed by atoms with Crippen LogP contribution in [0.25, 0.3) is 0 Å². The molecule has 21 heavy (non-hydrogen) atoms. The molecule has 0 N–H and O–H groups in total. The molecule has 1 saturated heterocycles. The minimum atomic E-state index is -0.0501.